The molecule has 98 valence electrons. The molecule has 1 aromatic rings. The van der Waals surface area contributed by atoms with Gasteiger partial charge in [-0.3, -0.25) is 4.79 Å². The number of nitrogens with zero attached hydrogens (tertiary/aromatic N) is 1. The van der Waals surface area contributed by atoms with E-state index in [0.717, 1.165) is 0 Å². The predicted octanol–water partition coefficient (Wildman–Crippen LogP) is 1.73. The lowest BCUT2D eigenvalue weighted by Gasteiger charge is -2.25. The molecule has 1 atom stereocenters. The Morgan fingerprint density at radius 3 is 2.41 bits per heavy atom. The van der Waals surface area contributed by atoms with E-state index in [1.807, 2.05) is 20.8 Å². The summed E-state index contributed by atoms with van der Waals surface area (Å²) in [6, 6.07) is 1.22. The molecule has 0 saturated carbocycles. The van der Waals surface area contributed by atoms with E-state index in [1.165, 1.54) is 6.07 Å². The summed E-state index contributed by atoms with van der Waals surface area (Å²) in [5.74, 6) is 0.0290. The van der Waals surface area contributed by atoms with E-state index in [1.54, 1.807) is 10.8 Å². The fraction of sp³-hybridized carbons (Fsp3) is 0.583. The smallest absolute Gasteiger partial charge is 0.223 e. The van der Waals surface area contributed by atoms with Gasteiger partial charge < -0.3 is 14.8 Å². The quantitative estimate of drug-likeness (QED) is 0.868. The largest absolute Gasteiger partial charge is 0.503 e. The Morgan fingerprint density at radius 1 is 1.41 bits per heavy atom. The van der Waals surface area contributed by atoms with Crippen molar-refractivity contribution in [2.75, 3.05) is 6.61 Å². The SMILES string of the molecule is CCc1c(O)c(=O)ccn1[C@H](CO)C(C)C.Cl. The van der Waals surface area contributed by atoms with Gasteiger partial charge in [-0.2, -0.15) is 0 Å². The number of hydrogen-bond acceptors (Lipinski definition) is 3. The molecule has 5 heteroatoms. The highest BCUT2D eigenvalue weighted by molar-refractivity contribution is 5.85. The Hall–Kier alpha value is -1.00. The minimum absolute atomic E-state index is 0. The van der Waals surface area contributed by atoms with Gasteiger partial charge in [-0.05, 0) is 12.3 Å². The summed E-state index contributed by atoms with van der Waals surface area (Å²) < 4.78 is 1.79. The van der Waals surface area contributed by atoms with Crippen LogP contribution in [0.15, 0.2) is 17.1 Å². The first-order valence-electron chi connectivity index (χ1n) is 5.56. The second kappa shape index (κ2) is 6.67. The van der Waals surface area contributed by atoms with Gasteiger partial charge in [0, 0.05) is 12.3 Å². The number of halogens is 1. The minimum atomic E-state index is -0.367. The molecular weight excluding hydrogens is 242 g/mol. The molecule has 0 aromatic carbocycles. The summed E-state index contributed by atoms with van der Waals surface area (Å²) in [7, 11) is 0. The molecule has 0 saturated heterocycles. The van der Waals surface area contributed by atoms with Crippen molar-refractivity contribution < 1.29 is 10.2 Å². The lowest BCUT2D eigenvalue weighted by Crippen LogP contribution is -2.23. The first-order chi connectivity index (χ1) is 7.52. The van der Waals surface area contributed by atoms with E-state index >= 15 is 0 Å². The highest BCUT2D eigenvalue weighted by Gasteiger charge is 2.18. The first kappa shape index (κ1) is 16.0. The molecule has 0 spiro atoms. The molecule has 0 aliphatic heterocycles. The molecule has 0 aliphatic rings. The summed E-state index contributed by atoms with van der Waals surface area (Å²) in [6.45, 7) is 5.86. The summed E-state index contributed by atoms with van der Waals surface area (Å²) in [4.78, 5) is 11.3. The second-order valence-electron chi connectivity index (χ2n) is 4.23. The highest BCUT2D eigenvalue weighted by atomic mass is 35.5. The molecule has 0 radical (unpaired) electrons. The molecule has 2 N–H and O–H groups in total. The lowest BCUT2D eigenvalue weighted by molar-refractivity contribution is 0.189. The Bertz CT molecular complexity index is 415. The van der Waals surface area contributed by atoms with Gasteiger partial charge in [0.15, 0.2) is 5.75 Å². The zero-order valence-corrected chi connectivity index (χ0v) is 11.2. The molecule has 0 bridgehead atoms. The third kappa shape index (κ3) is 3.23. The van der Waals surface area contributed by atoms with Crippen LogP contribution in [-0.2, 0) is 6.42 Å². The summed E-state index contributed by atoms with van der Waals surface area (Å²) in [6.07, 6.45) is 2.20. The van der Waals surface area contributed by atoms with Gasteiger partial charge in [0.1, 0.15) is 0 Å². The van der Waals surface area contributed by atoms with Gasteiger partial charge in [0.05, 0.1) is 18.3 Å². The number of aromatic hydroxyl groups is 1. The number of rotatable bonds is 4. The van der Waals surface area contributed by atoms with Crippen LogP contribution in [-0.4, -0.2) is 21.4 Å². The third-order valence-electron chi connectivity index (χ3n) is 2.85. The fourth-order valence-electron chi connectivity index (χ4n) is 1.86. The zero-order chi connectivity index (χ0) is 12.3. The number of hydrogen-bond donors (Lipinski definition) is 2. The molecule has 0 fully saturated rings. The van der Waals surface area contributed by atoms with Crippen LogP contribution < -0.4 is 5.43 Å². The maximum Gasteiger partial charge on any atom is 0.223 e. The van der Waals surface area contributed by atoms with Crippen LogP contribution in [0.2, 0.25) is 0 Å². The van der Waals surface area contributed by atoms with Crippen molar-refractivity contribution in [2.45, 2.75) is 33.2 Å². The molecule has 0 amide bonds. The predicted molar refractivity (Wildman–Crippen MR) is 70.0 cm³/mol. The van der Waals surface area contributed by atoms with Gasteiger partial charge in [0.25, 0.3) is 0 Å². The topological polar surface area (TPSA) is 62.5 Å². The van der Waals surface area contributed by atoms with Crippen LogP contribution >= 0.6 is 12.4 Å². The van der Waals surface area contributed by atoms with Crippen molar-refractivity contribution in [3.05, 3.63) is 28.2 Å². The number of aromatic nitrogens is 1. The van der Waals surface area contributed by atoms with E-state index in [2.05, 4.69) is 0 Å². The summed E-state index contributed by atoms with van der Waals surface area (Å²) in [5, 5.41) is 19.0. The zero-order valence-electron chi connectivity index (χ0n) is 10.4. The standard InChI is InChI=1S/C12H19NO3.ClH/c1-4-9-12(16)11(15)5-6-13(9)10(7-14)8(2)3;/h5-6,8,10,14,16H,4,7H2,1-3H3;1H/t10-;/m1./s1. The molecule has 1 heterocycles. The van der Waals surface area contributed by atoms with Crippen LogP contribution in [0.5, 0.6) is 5.75 Å². The van der Waals surface area contributed by atoms with E-state index in [-0.39, 0.29) is 42.2 Å². The van der Waals surface area contributed by atoms with Gasteiger partial charge in [0.2, 0.25) is 5.43 Å². The van der Waals surface area contributed by atoms with Gasteiger partial charge in [-0.25, -0.2) is 0 Å². The average molecular weight is 262 g/mol. The van der Waals surface area contributed by atoms with Gasteiger partial charge in [-0.1, -0.05) is 20.8 Å². The van der Waals surface area contributed by atoms with E-state index < -0.39 is 0 Å². The molecular formula is C12H20ClNO3. The van der Waals surface area contributed by atoms with Crippen molar-refractivity contribution in [2.24, 2.45) is 5.92 Å². The maximum absolute atomic E-state index is 11.3. The van der Waals surface area contributed by atoms with Gasteiger partial charge in [-0.15, -0.1) is 12.4 Å². The molecule has 1 rings (SSSR count). The Balaban J connectivity index is 0.00000256. The average Bonchev–Trinajstić information content (AvgIpc) is 2.24. The van der Waals surface area contributed by atoms with Crippen LogP contribution in [0, 0.1) is 5.92 Å². The van der Waals surface area contributed by atoms with Crippen LogP contribution in [0.1, 0.15) is 32.5 Å². The monoisotopic (exact) mass is 261 g/mol. The van der Waals surface area contributed by atoms with Crippen LogP contribution in [0.3, 0.4) is 0 Å². The van der Waals surface area contributed by atoms with Crippen molar-refractivity contribution in [1.29, 1.82) is 0 Å². The molecule has 0 unspecified atom stereocenters. The third-order valence-corrected chi connectivity index (χ3v) is 2.85. The Kier molecular flexibility index (Phi) is 6.27. The maximum atomic E-state index is 11.3. The summed E-state index contributed by atoms with van der Waals surface area (Å²) in [5.41, 5.74) is 0.216. The lowest BCUT2D eigenvalue weighted by atomic mass is 10.0. The van der Waals surface area contributed by atoms with Crippen LogP contribution in [0.4, 0.5) is 0 Å². The van der Waals surface area contributed by atoms with E-state index in [4.69, 9.17) is 0 Å². The number of aliphatic hydroxyl groups excluding tert-OH is 1. The second-order valence-corrected chi connectivity index (χ2v) is 4.23. The molecule has 1 aromatic heterocycles. The fourth-order valence-corrected chi connectivity index (χ4v) is 1.86. The van der Waals surface area contributed by atoms with Crippen molar-refractivity contribution in [3.63, 3.8) is 0 Å². The van der Waals surface area contributed by atoms with E-state index in [0.29, 0.717) is 12.1 Å². The van der Waals surface area contributed by atoms with Crippen molar-refractivity contribution in [3.8, 4) is 5.75 Å². The highest BCUT2D eigenvalue weighted by Crippen LogP contribution is 2.22. The Labute approximate surface area is 107 Å². The number of aliphatic hydroxyl groups is 1. The molecule has 4 nitrogen and oxygen atoms in total. The Morgan fingerprint density at radius 2 is 2.00 bits per heavy atom. The normalized spacial score (nSPS) is 12.3. The molecule has 17 heavy (non-hydrogen) atoms. The van der Waals surface area contributed by atoms with Gasteiger partial charge >= 0.3 is 0 Å². The molecule has 0 aliphatic carbocycles. The van der Waals surface area contributed by atoms with Crippen LogP contribution in [0.25, 0.3) is 0 Å². The summed E-state index contributed by atoms with van der Waals surface area (Å²) >= 11 is 0. The number of pyridine rings is 1. The van der Waals surface area contributed by atoms with E-state index in [9.17, 15) is 15.0 Å². The minimum Gasteiger partial charge on any atom is -0.503 e. The first-order valence-corrected chi connectivity index (χ1v) is 5.56. The van der Waals surface area contributed by atoms with Crippen molar-refractivity contribution in [1.82, 2.24) is 4.57 Å². The van der Waals surface area contributed by atoms with Crippen molar-refractivity contribution >= 4 is 12.4 Å².